The van der Waals surface area contributed by atoms with E-state index in [0.29, 0.717) is 5.92 Å². The van der Waals surface area contributed by atoms with Crippen LogP contribution in [0, 0.1) is 5.92 Å². The molecule has 1 fully saturated rings. The van der Waals surface area contributed by atoms with E-state index in [1.165, 1.54) is 19.4 Å². The Balaban J connectivity index is 2.46. The van der Waals surface area contributed by atoms with E-state index in [2.05, 4.69) is 11.9 Å². The van der Waals surface area contributed by atoms with Crippen LogP contribution < -0.4 is 5.73 Å². The number of piperidine rings is 1. The van der Waals surface area contributed by atoms with Crippen LogP contribution in [0.3, 0.4) is 0 Å². The summed E-state index contributed by atoms with van der Waals surface area (Å²) in [5, 5.41) is 0. The number of hydrogen-bond donors (Lipinski definition) is 1. The first kappa shape index (κ1) is 13.5. The molecule has 0 aliphatic carbocycles. The summed E-state index contributed by atoms with van der Waals surface area (Å²) in [4.78, 5) is 16.1. The molecule has 0 aromatic heterocycles. The molecule has 0 aromatic rings. The first-order valence-electron chi connectivity index (χ1n) is 6.27. The van der Waals surface area contributed by atoms with Crippen molar-refractivity contribution >= 4 is 5.91 Å². The molecule has 1 saturated heterocycles. The number of carbonyl (C=O) groups excluding carboxylic acids is 1. The largest absolute Gasteiger partial charge is 0.341 e. The average molecular weight is 227 g/mol. The molecule has 1 heterocycles. The number of amides is 1. The molecule has 1 amide bonds. The number of hydrogen-bond acceptors (Lipinski definition) is 3. The molecule has 16 heavy (non-hydrogen) atoms. The smallest absolute Gasteiger partial charge is 0.239 e. The van der Waals surface area contributed by atoms with Crippen molar-refractivity contribution in [1.29, 1.82) is 0 Å². The van der Waals surface area contributed by atoms with Gasteiger partial charge < -0.3 is 15.5 Å². The van der Waals surface area contributed by atoms with Crippen molar-refractivity contribution in [2.24, 2.45) is 11.7 Å². The molecule has 0 saturated carbocycles. The third-order valence-corrected chi connectivity index (χ3v) is 3.28. The minimum Gasteiger partial charge on any atom is -0.341 e. The fourth-order valence-corrected chi connectivity index (χ4v) is 2.40. The molecule has 0 spiro atoms. The van der Waals surface area contributed by atoms with Crippen LogP contribution in [0.2, 0.25) is 0 Å². The van der Waals surface area contributed by atoms with Crippen LogP contribution in [0.1, 0.15) is 26.7 Å². The van der Waals surface area contributed by atoms with Crippen LogP contribution in [-0.4, -0.2) is 55.0 Å². The van der Waals surface area contributed by atoms with E-state index < -0.39 is 0 Å². The topological polar surface area (TPSA) is 49.6 Å². The molecule has 0 bridgehead atoms. The Morgan fingerprint density at radius 1 is 1.62 bits per heavy atom. The number of likely N-dealkylation sites (tertiary alicyclic amines) is 1. The Labute approximate surface area is 98.8 Å². The van der Waals surface area contributed by atoms with Gasteiger partial charge in [0.1, 0.15) is 0 Å². The second kappa shape index (κ2) is 6.21. The van der Waals surface area contributed by atoms with Crippen molar-refractivity contribution in [3.63, 3.8) is 0 Å². The summed E-state index contributed by atoms with van der Waals surface area (Å²) in [6.07, 6.45) is 2.47. The monoisotopic (exact) mass is 227 g/mol. The van der Waals surface area contributed by atoms with Gasteiger partial charge in [0.05, 0.1) is 6.04 Å². The molecular weight excluding hydrogens is 202 g/mol. The Morgan fingerprint density at radius 2 is 2.31 bits per heavy atom. The van der Waals surface area contributed by atoms with Crippen LogP contribution in [0.15, 0.2) is 0 Å². The van der Waals surface area contributed by atoms with E-state index in [-0.39, 0.29) is 11.9 Å². The lowest BCUT2D eigenvalue weighted by Crippen LogP contribution is -2.46. The normalized spacial score (nSPS) is 24.1. The molecule has 0 radical (unpaired) electrons. The number of likely N-dealkylation sites (N-methyl/N-ethyl adjacent to an activating group) is 1. The standard InChI is InChI=1S/C12H25N3O/c1-4-15(12(16)10(2)13)9-11-6-5-7-14(3)8-11/h10-11H,4-9,13H2,1-3H3/t10-,11+/m0/s1. The van der Waals surface area contributed by atoms with Gasteiger partial charge in [-0.15, -0.1) is 0 Å². The first-order valence-corrected chi connectivity index (χ1v) is 6.27. The van der Waals surface area contributed by atoms with E-state index in [1.807, 2.05) is 11.8 Å². The Bertz CT molecular complexity index is 230. The lowest BCUT2D eigenvalue weighted by Gasteiger charge is -2.34. The van der Waals surface area contributed by atoms with Gasteiger partial charge in [0.15, 0.2) is 0 Å². The molecule has 0 unspecified atom stereocenters. The minimum atomic E-state index is -0.374. The molecule has 2 N–H and O–H groups in total. The quantitative estimate of drug-likeness (QED) is 0.762. The second-order valence-corrected chi connectivity index (χ2v) is 4.94. The summed E-state index contributed by atoms with van der Waals surface area (Å²) in [7, 11) is 2.15. The predicted molar refractivity (Wildman–Crippen MR) is 66.1 cm³/mol. The summed E-state index contributed by atoms with van der Waals surface area (Å²) in [6, 6.07) is -0.374. The summed E-state index contributed by atoms with van der Waals surface area (Å²) >= 11 is 0. The molecular formula is C12H25N3O. The molecule has 1 aliphatic heterocycles. The van der Waals surface area contributed by atoms with E-state index in [4.69, 9.17) is 5.73 Å². The maximum Gasteiger partial charge on any atom is 0.239 e. The van der Waals surface area contributed by atoms with Gasteiger partial charge >= 0.3 is 0 Å². The van der Waals surface area contributed by atoms with Crippen LogP contribution in [0.25, 0.3) is 0 Å². The van der Waals surface area contributed by atoms with Gasteiger partial charge in [-0.1, -0.05) is 0 Å². The lowest BCUT2D eigenvalue weighted by atomic mass is 9.97. The molecule has 1 rings (SSSR count). The van der Waals surface area contributed by atoms with Crippen LogP contribution in [0.5, 0.6) is 0 Å². The number of rotatable bonds is 4. The third kappa shape index (κ3) is 3.76. The highest BCUT2D eigenvalue weighted by atomic mass is 16.2. The molecule has 94 valence electrons. The van der Waals surface area contributed by atoms with E-state index in [9.17, 15) is 4.79 Å². The molecule has 1 aliphatic rings. The van der Waals surface area contributed by atoms with Crippen molar-refractivity contribution in [2.75, 3.05) is 33.2 Å². The maximum atomic E-state index is 11.8. The van der Waals surface area contributed by atoms with Gasteiger partial charge in [-0.05, 0) is 46.2 Å². The zero-order valence-electron chi connectivity index (χ0n) is 10.8. The molecule has 4 heteroatoms. The number of carbonyl (C=O) groups is 1. The van der Waals surface area contributed by atoms with Crippen molar-refractivity contribution in [3.05, 3.63) is 0 Å². The summed E-state index contributed by atoms with van der Waals surface area (Å²) < 4.78 is 0. The highest BCUT2D eigenvalue weighted by Crippen LogP contribution is 2.16. The Kier molecular flexibility index (Phi) is 5.22. The van der Waals surface area contributed by atoms with E-state index >= 15 is 0 Å². The second-order valence-electron chi connectivity index (χ2n) is 4.94. The number of nitrogens with two attached hydrogens (primary N) is 1. The molecule has 2 atom stereocenters. The fraction of sp³-hybridized carbons (Fsp3) is 0.917. The first-order chi connectivity index (χ1) is 7.54. The van der Waals surface area contributed by atoms with Crippen molar-refractivity contribution in [3.8, 4) is 0 Å². The summed E-state index contributed by atoms with van der Waals surface area (Å²) in [6.45, 7) is 7.69. The summed E-state index contributed by atoms with van der Waals surface area (Å²) in [5.41, 5.74) is 5.64. The lowest BCUT2D eigenvalue weighted by molar-refractivity contribution is -0.132. The average Bonchev–Trinajstić information content (AvgIpc) is 2.25. The van der Waals surface area contributed by atoms with Gasteiger partial charge in [-0.25, -0.2) is 0 Å². The molecule has 0 aromatic carbocycles. The zero-order valence-corrected chi connectivity index (χ0v) is 10.8. The Hall–Kier alpha value is -0.610. The van der Waals surface area contributed by atoms with Gasteiger partial charge in [-0.2, -0.15) is 0 Å². The zero-order chi connectivity index (χ0) is 12.1. The van der Waals surface area contributed by atoms with Crippen LogP contribution >= 0.6 is 0 Å². The Morgan fingerprint density at radius 3 is 2.81 bits per heavy atom. The molecule has 4 nitrogen and oxygen atoms in total. The van der Waals surface area contributed by atoms with E-state index in [0.717, 1.165) is 19.6 Å². The van der Waals surface area contributed by atoms with Gasteiger partial charge in [0, 0.05) is 19.6 Å². The maximum absolute atomic E-state index is 11.8. The highest BCUT2D eigenvalue weighted by Gasteiger charge is 2.23. The fourth-order valence-electron chi connectivity index (χ4n) is 2.40. The number of nitrogens with zero attached hydrogens (tertiary/aromatic N) is 2. The van der Waals surface area contributed by atoms with Gasteiger partial charge in [0.2, 0.25) is 5.91 Å². The van der Waals surface area contributed by atoms with Crippen molar-refractivity contribution < 1.29 is 4.79 Å². The SMILES string of the molecule is CCN(C[C@@H]1CCCN(C)C1)C(=O)[C@H](C)N. The van der Waals surface area contributed by atoms with Crippen molar-refractivity contribution in [2.45, 2.75) is 32.7 Å². The highest BCUT2D eigenvalue weighted by molar-refractivity contribution is 5.81. The predicted octanol–water partition coefficient (Wildman–Crippen LogP) is 0.524. The summed E-state index contributed by atoms with van der Waals surface area (Å²) in [5.74, 6) is 0.692. The van der Waals surface area contributed by atoms with Gasteiger partial charge in [0.25, 0.3) is 0 Å². The van der Waals surface area contributed by atoms with Crippen LogP contribution in [0.4, 0.5) is 0 Å². The van der Waals surface area contributed by atoms with Crippen molar-refractivity contribution in [1.82, 2.24) is 9.80 Å². The minimum absolute atomic E-state index is 0.0794. The third-order valence-electron chi connectivity index (χ3n) is 3.28. The van der Waals surface area contributed by atoms with Crippen LogP contribution in [-0.2, 0) is 4.79 Å². The van der Waals surface area contributed by atoms with Gasteiger partial charge in [-0.3, -0.25) is 4.79 Å². The van der Waals surface area contributed by atoms with E-state index in [1.54, 1.807) is 6.92 Å².